The zero-order valence-electron chi connectivity index (χ0n) is 12.7. The summed E-state index contributed by atoms with van der Waals surface area (Å²) < 4.78 is 5.73. The van der Waals surface area contributed by atoms with E-state index in [1.807, 2.05) is 38.1 Å². The first-order valence-corrected chi connectivity index (χ1v) is 7.83. The summed E-state index contributed by atoms with van der Waals surface area (Å²) in [5.74, 6) is -0.218. The van der Waals surface area contributed by atoms with Gasteiger partial charge in [-0.25, -0.2) is 4.79 Å². The highest BCUT2D eigenvalue weighted by molar-refractivity contribution is 9.10. The van der Waals surface area contributed by atoms with Crippen LogP contribution in [0.3, 0.4) is 0 Å². The Morgan fingerprint density at radius 2 is 2.05 bits per heavy atom. The topological polar surface area (TPSA) is 55.4 Å². The van der Waals surface area contributed by atoms with Gasteiger partial charge in [0.2, 0.25) is 5.91 Å². The second-order valence-electron chi connectivity index (χ2n) is 5.40. The Kier molecular flexibility index (Phi) is 7.43. The molecule has 1 rings (SSSR count). The maximum Gasteiger partial charge on any atom is 0.328 e. The average Bonchev–Trinajstić information content (AvgIpc) is 2.43. The third-order valence-corrected chi connectivity index (χ3v) is 3.55. The Labute approximate surface area is 134 Å². The average molecular weight is 356 g/mol. The number of hydrogen-bond acceptors (Lipinski definition) is 3. The van der Waals surface area contributed by atoms with Gasteiger partial charge in [0.05, 0.1) is 7.11 Å². The van der Waals surface area contributed by atoms with E-state index < -0.39 is 6.04 Å². The van der Waals surface area contributed by atoms with Crippen LogP contribution in [0.4, 0.5) is 0 Å². The van der Waals surface area contributed by atoms with Gasteiger partial charge in [0.25, 0.3) is 0 Å². The molecule has 1 atom stereocenters. The molecule has 1 aromatic carbocycles. The number of ether oxygens (including phenoxy) is 1. The number of halogens is 1. The zero-order valence-corrected chi connectivity index (χ0v) is 14.3. The summed E-state index contributed by atoms with van der Waals surface area (Å²) in [7, 11) is 1.34. The number of methoxy groups -OCH3 is 1. The molecule has 0 saturated carbocycles. The third kappa shape index (κ3) is 6.76. The van der Waals surface area contributed by atoms with Gasteiger partial charge < -0.3 is 10.1 Å². The van der Waals surface area contributed by atoms with E-state index in [9.17, 15) is 9.59 Å². The van der Waals surface area contributed by atoms with Crippen LogP contribution in [0, 0.1) is 5.92 Å². The molecule has 21 heavy (non-hydrogen) atoms. The van der Waals surface area contributed by atoms with Gasteiger partial charge in [0, 0.05) is 10.9 Å². The summed E-state index contributed by atoms with van der Waals surface area (Å²) in [6, 6.07) is 7.28. The van der Waals surface area contributed by atoms with Crippen LogP contribution in [-0.4, -0.2) is 25.0 Å². The monoisotopic (exact) mass is 355 g/mol. The molecule has 0 spiro atoms. The van der Waals surface area contributed by atoms with Gasteiger partial charge in [-0.1, -0.05) is 41.9 Å². The molecule has 0 radical (unpaired) electrons. The summed E-state index contributed by atoms with van der Waals surface area (Å²) in [6.07, 6.45) is 1.57. The fourth-order valence-electron chi connectivity index (χ4n) is 2.04. The first-order chi connectivity index (χ1) is 9.92. The van der Waals surface area contributed by atoms with Gasteiger partial charge in [0.1, 0.15) is 6.04 Å². The van der Waals surface area contributed by atoms with Crippen LogP contribution in [0.25, 0.3) is 0 Å². The highest BCUT2D eigenvalue weighted by atomic mass is 79.9. The van der Waals surface area contributed by atoms with Crippen molar-refractivity contribution >= 4 is 27.8 Å². The quantitative estimate of drug-likeness (QED) is 0.764. The molecule has 1 N–H and O–H groups in total. The molecule has 1 aromatic rings. The lowest BCUT2D eigenvalue weighted by molar-refractivity contribution is -0.145. The highest BCUT2D eigenvalue weighted by Gasteiger charge is 2.22. The van der Waals surface area contributed by atoms with Crippen molar-refractivity contribution in [1.29, 1.82) is 0 Å². The number of carbonyl (C=O) groups is 2. The Balaban J connectivity index is 2.51. The fourth-order valence-corrected chi connectivity index (χ4v) is 2.49. The smallest absolute Gasteiger partial charge is 0.328 e. The Bertz CT molecular complexity index is 488. The van der Waals surface area contributed by atoms with E-state index in [-0.39, 0.29) is 11.9 Å². The predicted molar refractivity (Wildman–Crippen MR) is 85.9 cm³/mol. The summed E-state index contributed by atoms with van der Waals surface area (Å²) >= 11 is 3.40. The second-order valence-corrected chi connectivity index (χ2v) is 6.32. The van der Waals surface area contributed by atoms with Crippen LogP contribution in [0.5, 0.6) is 0 Å². The first-order valence-electron chi connectivity index (χ1n) is 7.04. The number of rotatable bonds is 7. The van der Waals surface area contributed by atoms with Crippen molar-refractivity contribution in [3.8, 4) is 0 Å². The zero-order chi connectivity index (χ0) is 15.8. The predicted octanol–water partition coefficient (Wildman–Crippen LogP) is 3.09. The van der Waals surface area contributed by atoms with Crippen LogP contribution < -0.4 is 5.32 Å². The van der Waals surface area contributed by atoms with Crippen LogP contribution in [0.15, 0.2) is 28.7 Å². The molecule has 1 amide bonds. The lowest BCUT2D eigenvalue weighted by Gasteiger charge is -2.18. The maximum atomic E-state index is 12.0. The largest absolute Gasteiger partial charge is 0.467 e. The minimum absolute atomic E-state index is 0.133. The molecule has 0 aromatic heterocycles. The van der Waals surface area contributed by atoms with Crippen LogP contribution in [0.1, 0.15) is 32.3 Å². The molecule has 0 saturated heterocycles. The van der Waals surface area contributed by atoms with Crippen molar-refractivity contribution in [3.05, 3.63) is 34.3 Å². The molecule has 4 nitrogen and oxygen atoms in total. The van der Waals surface area contributed by atoms with E-state index in [1.165, 1.54) is 7.11 Å². The van der Waals surface area contributed by atoms with Crippen LogP contribution >= 0.6 is 15.9 Å². The molecular formula is C16H22BrNO3. The van der Waals surface area contributed by atoms with E-state index >= 15 is 0 Å². The summed E-state index contributed by atoms with van der Waals surface area (Å²) in [4.78, 5) is 23.6. The van der Waals surface area contributed by atoms with Crippen molar-refractivity contribution in [2.24, 2.45) is 5.92 Å². The van der Waals surface area contributed by atoms with Gasteiger partial charge in [-0.05, 0) is 36.5 Å². The number of nitrogens with one attached hydrogen (secondary N) is 1. The van der Waals surface area contributed by atoms with E-state index in [0.717, 1.165) is 10.0 Å². The number of amides is 1. The Morgan fingerprint density at radius 1 is 1.33 bits per heavy atom. The SMILES string of the molecule is COC(=O)C(CC(C)C)NC(=O)CCc1cccc(Br)c1. The minimum Gasteiger partial charge on any atom is -0.467 e. The number of hydrogen-bond donors (Lipinski definition) is 1. The van der Waals surface area contributed by atoms with Crippen LogP contribution in [0.2, 0.25) is 0 Å². The van der Waals surface area contributed by atoms with Crippen molar-refractivity contribution in [1.82, 2.24) is 5.32 Å². The molecule has 5 heteroatoms. The molecule has 0 heterocycles. The molecule has 0 fully saturated rings. The third-order valence-electron chi connectivity index (χ3n) is 3.06. The van der Waals surface area contributed by atoms with Gasteiger partial charge in [-0.15, -0.1) is 0 Å². The van der Waals surface area contributed by atoms with E-state index in [2.05, 4.69) is 21.2 Å². The Hall–Kier alpha value is -1.36. The number of carbonyl (C=O) groups excluding carboxylic acids is 2. The lowest BCUT2D eigenvalue weighted by Crippen LogP contribution is -2.42. The Morgan fingerprint density at radius 3 is 2.62 bits per heavy atom. The van der Waals surface area contributed by atoms with Crippen molar-refractivity contribution in [2.75, 3.05) is 7.11 Å². The molecular weight excluding hydrogens is 334 g/mol. The summed E-state index contributed by atoms with van der Waals surface area (Å²) in [5.41, 5.74) is 1.08. The number of benzene rings is 1. The molecule has 1 unspecified atom stereocenters. The molecule has 0 aliphatic carbocycles. The summed E-state index contributed by atoms with van der Waals surface area (Å²) in [6.45, 7) is 4.01. The molecule has 116 valence electrons. The van der Waals surface area contributed by atoms with Crippen molar-refractivity contribution in [3.63, 3.8) is 0 Å². The molecule has 0 aliphatic rings. The van der Waals surface area contributed by atoms with Gasteiger partial charge in [-0.3, -0.25) is 4.79 Å². The van der Waals surface area contributed by atoms with Crippen molar-refractivity contribution < 1.29 is 14.3 Å². The lowest BCUT2D eigenvalue weighted by atomic mass is 10.0. The highest BCUT2D eigenvalue weighted by Crippen LogP contribution is 2.13. The van der Waals surface area contributed by atoms with Crippen LogP contribution in [-0.2, 0) is 20.7 Å². The maximum absolute atomic E-state index is 12.0. The van der Waals surface area contributed by atoms with E-state index in [1.54, 1.807) is 0 Å². The van der Waals surface area contributed by atoms with Gasteiger partial charge in [0.15, 0.2) is 0 Å². The normalized spacial score (nSPS) is 12.0. The summed E-state index contributed by atoms with van der Waals surface area (Å²) in [5, 5.41) is 2.76. The first kappa shape index (κ1) is 17.7. The van der Waals surface area contributed by atoms with Gasteiger partial charge in [-0.2, -0.15) is 0 Å². The molecule has 0 aliphatic heterocycles. The van der Waals surface area contributed by atoms with Crippen molar-refractivity contribution in [2.45, 2.75) is 39.2 Å². The number of aryl methyl sites for hydroxylation is 1. The standard InChI is InChI=1S/C16H22BrNO3/c1-11(2)9-14(16(20)21-3)18-15(19)8-7-12-5-4-6-13(17)10-12/h4-6,10-11,14H,7-9H2,1-3H3,(H,18,19). The fraction of sp³-hybridized carbons (Fsp3) is 0.500. The molecule has 0 bridgehead atoms. The second kappa shape index (κ2) is 8.82. The van der Waals surface area contributed by atoms with E-state index in [0.29, 0.717) is 25.2 Å². The van der Waals surface area contributed by atoms with Gasteiger partial charge >= 0.3 is 5.97 Å². The minimum atomic E-state index is -0.565. The number of esters is 1. The van der Waals surface area contributed by atoms with E-state index in [4.69, 9.17) is 4.74 Å².